The van der Waals surface area contributed by atoms with E-state index < -0.39 is 5.97 Å². The minimum atomic E-state index is -0.634. The Morgan fingerprint density at radius 3 is 1.89 bits per heavy atom. The van der Waals surface area contributed by atoms with Crippen molar-refractivity contribution in [1.82, 2.24) is 0 Å². The normalized spacial score (nSPS) is 4.56. The zero-order chi connectivity index (χ0) is 4.99. The van der Waals surface area contributed by atoms with E-state index in [-0.39, 0.29) is 93.7 Å². The molecule has 0 bridgehead atoms. The van der Waals surface area contributed by atoms with Gasteiger partial charge in [0, 0.05) is 93.7 Å². The Balaban J connectivity index is -0.0000000417. The first-order chi connectivity index (χ1) is 2.77. The molecule has 0 rings (SSSR count). The largest absolute Gasteiger partial charge is 0.584 e. The van der Waals surface area contributed by atoms with Gasteiger partial charge in [0.25, 0.3) is 0 Å². The summed E-state index contributed by atoms with van der Waals surface area (Å²) in [4.78, 5) is 18.6. The average molecular weight is 426 g/mol. The summed E-state index contributed by atoms with van der Waals surface area (Å²) in [6.07, 6.45) is 0. The molecule has 0 spiro atoms. The first kappa shape index (κ1) is 22.5. The van der Waals surface area contributed by atoms with Gasteiger partial charge in [0.2, 0.25) is 0 Å². The van der Waals surface area contributed by atoms with Crippen LogP contribution in [0.1, 0.15) is 6.92 Å². The van der Waals surface area contributed by atoms with Crippen LogP contribution in [0.2, 0.25) is 0 Å². The van der Waals surface area contributed by atoms with Crippen LogP contribution < -0.4 is 0 Å². The molecule has 3 radical (unpaired) electrons. The summed E-state index contributed by atoms with van der Waals surface area (Å²) in [6, 6.07) is 0. The number of carbonyl (C=O) groups is 1. The summed E-state index contributed by atoms with van der Waals surface area (Å²) in [6.45, 7) is 2.10. The summed E-state index contributed by atoms with van der Waals surface area (Å²) in [5.74, 6) is -0.634. The van der Waals surface area contributed by atoms with Crippen molar-refractivity contribution >= 4 is 12.4 Å². The van der Waals surface area contributed by atoms with Crippen molar-refractivity contribution in [2.45, 2.75) is 6.92 Å². The number of carbonyl (C=O) groups excluding carboxylic acids is 2. The minimum absolute atomic E-state index is 0. The SMILES string of the molecule is CC(=O)O[C-]=O.[Co].[La].[Pr]. The van der Waals surface area contributed by atoms with Gasteiger partial charge in [-0.3, -0.25) is 0 Å². The van der Waals surface area contributed by atoms with Gasteiger partial charge in [-0.15, -0.1) is 0 Å². The standard InChI is InChI=1S/C3H3O3.Co.La.Pr/c1-3(5)6-2-4;;;/h1H3;;;/q-1;;;. The van der Waals surface area contributed by atoms with Gasteiger partial charge in [0.15, 0.2) is 6.47 Å². The summed E-state index contributed by atoms with van der Waals surface area (Å²) in [7, 11) is 0. The van der Waals surface area contributed by atoms with Crippen LogP contribution in [0.3, 0.4) is 0 Å². The van der Waals surface area contributed by atoms with E-state index in [9.17, 15) is 4.79 Å². The molecule has 9 heavy (non-hydrogen) atoms. The van der Waals surface area contributed by atoms with E-state index >= 15 is 0 Å². The maximum absolute atomic E-state index is 9.56. The predicted octanol–water partition coefficient (Wildman–Crippen LogP) is -0.386. The molecule has 0 saturated heterocycles. The summed E-state index contributed by atoms with van der Waals surface area (Å²) >= 11 is 0. The van der Waals surface area contributed by atoms with Gasteiger partial charge >= 0.3 is 0 Å². The van der Waals surface area contributed by atoms with E-state index in [0.29, 0.717) is 0 Å². The molecule has 0 atom stereocenters. The first-order valence-corrected chi connectivity index (χ1v) is 1.32. The van der Waals surface area contributed by atoms with Crippen molar-refractivity contribution in [2.75, 3.05) is 0 Å². The van der Waals surface area contributed by atoms with E-state index in [4.69, 9.17) is 4.79 Å². The Labute approximate surface area is 125 Å². The van der Waals surface area contributed by atoms with Crippen LogP contribution in [0, 0.1) is 76.9 Å². The maximum Gasteiger partial charge on any atom is 0.172 e. The van der Waals surface area contributed by atoms with Gasteiger partial charge in [0.05, 0.1) is 0 Å². The van der Waals surface area contributed by atoms with Gasteiger partial charge in [-0.1, -0.05) is 0 Å². The van der Waals surface area contributed by atoms with E-state index in [0.717, 1.165) is 13.4 Å². The minimum Gasteiger partial charge on any atom is -0.584 e. The molecular formula is C3H3CoLaO3Pr-. The van der Waals surface area contributed by atoms with Crippen LogP contribution in [0.4, 0.5) is 0 Å². The molecule has 3 nitrogen and oxygen atoms in total. The van der Waals surface area contributed by atoms with Crippen LogP contribution in [0.25, 0.3) is 0 Å². The topological polar surface area (TPSA) is 43.4 Å². The predicted molar refractivity (Wildman–Crippen MR) is 17.5 cm³/mol. The molecule has 0 unspecified atom stereocenters. The Bertz CT molecular complexity index is 79.5. The maximum atomic E-state index is 9.56. The molecule has 0 saturated carbocycles. The molecule has 0 aromatic carbocycles. The third-order valence-electron chi connectivity index (χ3n) is 0.185. The molecule has 0 aliphatic rings. The van der Waals surface area contributed by atoms with E-state index in [1.54, 1.807) is 0 Å². The second kappa shape index (κ2) is 16.7. The number of esters is 1. The van der Waals surface area contributed by atoms with Gasteiger partial charge in [-0.05, 0) is 6.92 Å². The van der Waals surface area contributed by atoms with Crippen molar-refractivity contribution in [2.24, 2.45) is 0 Å². The van der Waals surface area contributed by atoms with Crippen LogP contribution in [0.15, 0.2) is 0 Å². The van der Waals surface area contributed by atoms with Crippen molar-refractivity contribution in [1.29, 1.82) is 0 Å². The number of rotatable bonds is 1. The number of hydrogen-bond donors (Lipinski definition) is 0. The van der Waals surface area contributed by atoms with E-state index in [1.165, 1.54) is 0 Å². The van der Waals surface area contributed by atoms with Gasteiger partial charge in [0.1, 0.15) is 5.97 Å². The summed E-state index contributed by atoms with van der Waals surface area (Å²) < 4.78 is 3.60. The second-order valence-electron chi connectivity index (χ2n) is 0.677. The zero-order valence-corrected chi connectivity index (χ0v) is 13.1. The summed E-state index contributed by atoms with van der Waals surface area (Å²) in [5.41, 5.74) is 0. The molecule has 49 valence electrons. The summed E-state index contributed by atoms with van der Waals surface area (Å²) in [5, 5.41) is 0. The fourth-order valence-electron chi connectivity index (χ4n) is 0.0587. The third-order valence-corrected chi connectivity index (χ3v) is 0.185. The molecule has 0 aromatic heterocycles. The molecule has 6 heteroatoms. The monoisotopic (exact) mass is 426 g/mol. The molecule has 0 heterocycles. The smallest absolute Gasteiger partial charge is 0.172 e. The van der Waals surface area contributed by atoms with Crippen molar-refractivity contribution in [3.63, 3.8) is 0 Å². The van der Waals surface area contributed by atoms with E-state index in [1.807, 2.05) is 0 Å². The Kier molecular flexibility index (Phi) is 41.6. The fraction of sp³-hybridized carbons (Fsp3) is 0.333. The molecule has 0 fully saturated rings. The van der Waals surface area contributed by atoms with Crippen LogP contribution >= 0.6 is 0 Å². The quantitative estimate of drug-likeness (QED) is 0.327. The second-order valence-corrected chi connectivity index (χ2v) is 0.677. The Morgan fingerprint density at radius 1 is 1.56 bits per heavy atom. The third kappa shape index (κ3) is 25.4. The molecule has 0 amide bonds. The average Bonchev–Trinajstić information content (AvgIpc) is 1.35. The number of hydrogen-bond acceptors (Lipinski definition) is 3. The van der Waals surface area contributed by atoms with Gasteiger partial charge in [-0.2, -0.15) is 0 Å². The van der Waals surface area contributed by atoms with Crippen LogP contribution in [-0.2, 0) is 31.1 Å². The van der Waals surface area contributed by atoms with Gasteiger partial charge in [-0.25, -0.2) is 0 Å². The number of ether oxygens (including phenoxy) is 1. The van der Waals surface area contributed by atoms with Gasteiger partial charge < -0.3 is 14.3 Å². The van der Waals surface area contributed by atoms with Crippen LogP contribution in [0.5, 0.6) is 0 Å². The molecule has 0 aromatic rings. The Morgan fingerprint density at radius 2 is 1.89 bits per heavy atom. The molecule has 0 N–H and O–H groups in total. The molecule has 0 aliphatic heterocycles. The first-order valence-electron chi connectivity index (χ1n) is 1.32. The van der Waals surface area contributed by atoms with Crippen molar-refractivity contribution in [3.8, 4) is 0 Å². The van der Waals surface area contributed by atoms with Crippen molar-refractivity contribution in [3.05, 3.63) is 0 Å². The zero-order valence-electron chi connectivity index (χ0n) is 4.71. The molecule has 0 aliphatic carbocycles. The molecular weight excluding hydrogens is 423 g/mol. The van der Waals surface area contributed by atoms with Crippen LogP contribution in [-0.4, -0.2) is 12.4 Å². The Hall–Kier alpha value is 2.20. The van der Waals surface area contributed by atoms with Crippen molar-refractivity contribution < 1.29 is 108 Å². The fourth-order valence-corrected chi connectivity index (χ4v) is 0.0587. The van der Waals surface area contributed by atoms with E-state index in [2.05, 4.69) is 4.74 Å².